The van der Waals surface area contributed by atoms with Crippen molar-refractivity contribution >= 4 is 11.9 Å². The molecular weight excluding hydrogens is 253 g/mol. The minimum atomic E-state index is -2.32. The molecule has 1 aromatic heterocycles. The molecule has 1 amide bonds. The van der Waals surface area contributed by atoms with Crippen molar-refractivity contribution in [1.82, 2.24) is 14.7 Å². The average Bonchev–Trinajstić information content (AvgIpc) is 2.97. The Balaban J connectivity index is 2.06. The number of carbonyl (C=O) groups excluding carboxylic acids is 1. The zero-order valence-electron chi connectivity index (χ0n) is 10.7. The van der Waals surface area contributed by atoms with Gasteiger partial charge in [0.15, 0.2) is 0 Å². The number of halogens is 1. The standard InChI is InChI=1S/C12H16FN3O3/c1-2-4-16-7-9(6-14-16)10(17)15-5-3-12(13,8-15)11(18)19/h6-7H,2-5,8H2,1H3,(H,18,19)/t12-/m1/s1. The van der Waals surface area contributed by atoms with Gasteiger partial charge < -0.3 is 10.0 Å². The van der Waals surface area contributed by atoms with Crippen LogP contribution in [0.4, 0.5) is 4.39 Å². The van der Waals surface area contributed by atoms with Gasteiger partial charge in [-0.1, -0.05) is 6.92 Å². The monoisotopic (exact) mass is 269 g/mol. The highest BCUT2D eigenvalue weighted by Gasteiger charge is 2.47. The highest BCUT2D eigenvalue weighted by Crippen LogP contribution is 2.27. The number of aromatic nitrogens is 2. The van der Waals surface area contributed by atoms with Gasteiger partial charge in [-0.2, -0.15) is 5.10 Å². The van der Waals surface area contributed by atoms with Gasteiger partial charge in [0.25, 0.3) is 5.91 Å². The van der Waals surface area contributed by atoms with E-state index in [0.717, 1.165) is 6.42 Å². The Morgan fingerprint density at radius 2 is 2.32 bits per heavy atom. The Bertz CT molecular complexity index is 502. The molecule has 0 aliphatic carbocycles. The van der Waals surface area contributed by atoms with Crippen LogP contribution < -0.4 is 0 Å². The molecule has 1 aliphatic rings. The third kappa shape index (κ3) is 2.59. The zero-order valence-corrected chi connectivity index (χ0v) is 10.7. The molecule has 2 heterocycles. The van der Waals surface area contributed by atoms with Gasteiger partial charge in [-0.15, -0.1) is 0 Å². The van der Waals surface area contributed by atoms with E-state index in [9.17, 15) is 14.0 Å². The van der Waals surface area contributed by atoms with Gasteiger partial charge in [0.1, 0.15) is 0 Å². The number of carboxylic acids is 1. The quantitative estimate of drug-likeness (QED) is 0.882. The molecule has 0 bridgehead atoms. The molecule has 0 unspecified atom stereocenters. The van der Waals surface area contributed by atoms with Crippen LogP contribution in [-0.2, 0) is 11.3 Å². The van der Waals surface area contributed by atoms with E-state index in [1.54, 1.807) is 10.9 Å². The van der Waals surface area contributed by atoms with Crippen molar-refractivity contribution in [2.24, 2.45) is 0 Å². The van der Waals surface area contributed by atoms with Crippen LogP contribution in [0.2, 0.25) is 0 Å². The van der Waals surface area contributed by atoms with Crippen LogP contribution in [0.3, 0.4) is 0 Å². The summed E-state index contributed by atoms with van der Waals surface area (Å²) in [7, 11) is 0. The van der Waals surface area contributed by atoms with Gasteiger partial charge in [-0.05, 0) is 6.42 Å². The normalized spacial score (nSPS) is 22.7. The van der Waals surface area contributed by atoms with Crippen LogP contribution >= 0.6 is 0 Å². The second-order valence-electron chi connectivity index (χ2n) is 4.74. The molecular formula is C12H16FN3O3. The van der Waals surface area contributed by atoms with Gasteiger partial charge in [-0.3, -0.25) is 9.48 Å². The van der Waals surface area contributed by atoms with E-state index in [2.05, 4.69) is 5.10 Å². The molecule has 2 rings (SSSR count). The number of aliphatic carboxylic acids is 1. The lowest BCUT2D eigenvalue weighted by molar-refractivity contribution is -0.149. The summed E-state index contributed by atoms with van der Waals surface area (Å²) in [5.41, 5.74) is -1.96. The van der Waals surface area contributed by atoms with Crippen molar-refractivity contribution in [3.63, 3.8) is 0 Å². The number of carbonyl (C=O) groups is 2. The molecule has 104 valence electrons. The summed E-state index contributed by atoms with van der Waals surface area (Å²) in [5.74, 6) is -1.88. The minimum absolute atomic E-state index is 0.112. The molecule has 0 radical (unpaired) electrons. The largest absolute Gasteiger partial charge is 0.479 e. The van der Waals surface area contributed by atoms with E-state index >= 15 is 0 Å². The second kappa shape index (κ2) is 4.99. The fourth-order valence-electron chi connectivity index (χ4n) is 2.13. The molecule has 0 spiro atoms. The molecule has 7 heteroatoms. The number of nitrogens with zero attached hydrogens (tertiary/aromatic N) is 3. The maximum absolute atomic E-state index is 13.9. The Kier molecular flexibility index (Phi) is 3.55. The molecule has 1 aromatic rings. The molecule has 0 saturated carbocycles. The van der Waals surface area contributed by atoms with Crippen LogP contribution in [0.1, 0.15) is 30.1 Å². The number of aryl methyl sites for hydroxylation is 1. The van der Waals surface area contributed by atoms with Crippen molar-refractivity contribution in [3.05, 3.63) is 18.0 Å². The van der Waals surface area contributed by atoms with E-state index in [1.807, 2.05) is 6.92 Å². The van der Waals surface area contributed by atoms with E-state index in [-0.39, 0.29) is 18.9 Å². The number of amides is 1. The van der Waals surface area contributed by atoms with E-state index in [0.29, 0.717) is 12.1 Å². The lowest BCUT2D eigenvalue weighted by atomic mass is 10.1. The maximum Gasteiger partial charge on any atom is 0.343 e. The number of rotatable bonds is 4. The maximum atomic E-state index is 13.9. The van der Waals surface area contributed by atoms with E-state index in [4.69, 9.17) is 5.11 Å². The zero-order chi connectivity index (χ0) is 14.0. The first-order chi connectivity index (χ1) is 8.96. The average molecular weight is 269 g/mol. The van der Waals surface area contributed by atoms with Gasteiger partial charge in [-0.25, -0.2) is 9.18 Å². The lowest BCUT2D eigenvalue weighted by Crippen LogP contribution is -2.38. The summed E-state index contributed by atoms with van der Waals surface area (Å²) in [6, 6.07) is 0. The smallest absolute Gasteiger partial charge is 0.343 e. The van der Waals surface area contributed by atoms with Crippen LogP contribution in [0, 0.1) is 0 Å². The number of hydrogen-bond acceptors (Lipinski definition) is 3. The molecule has 1 saturated heterocycles. The van der Waals surface area contributed by atoms with Crippen LogP contribution in [0.5, 0.6) is 0 Å². The molecule has 19 heavy (non-hydrogen) atoms. The highest BCUT2D eigenvalue weighted by molar-refractivity contribution is 5.94. The highest BCUT2D eigenvalue weighted by atomic mass is 19.1. The Morgan fingerprint density at radius 3 is 2.89 bits per heavy atom. The molecule has 1 N–H and O–H groups in total. The first-order valence-corrected chi connectivity index (χ1v) is 6.20. The van der Waals surface area contributed by atoms with Gasteiger partial charge in [0.05, 0.1) is 18.3 Å². The van der Waals surface area contributed by atoms with Crippen LogP contribution in [0.25, 0.3) is 0 Å². The first-order valence-electron chi connectivity index (χ1n) is 6.20. The van der Waals surface area contributed by atoms with Gasteiger partial charge in [0.2, 0.25) is 5.67 Å². The number of likely N-dealkylation sites (tertiary alicyclic amines) is 1. The molecule has 1 atom stereocenters. The van der Waals surface area contributed by atoms with Crippen molar-refractivity contribution in [2.45, 2.75) is 32.0 Å². The van der Waals surface area contributed by atoms with Crippen molar-refractivity contribution in [2.75, 3.05) is 13.1 Å². The Labute approximate surface area is 109 Å². The van der Waals surface area contributed by atoms with Crippen LogP contribution in [-0.4, -0.2) is 50.4 Å². The van der Waals surface area contributed by atoms with E-state index < -0.39 is 18.2 Å². The third-order valence-corrected chi connectivity index (χ3v) is 3.22. The van der Waals surface area contributed by atoms with Crippen molar-refractivity contribution in [1.29, 1.82) is 0 Å². The first kappa shape index (κ1) is 13.5. The van der Waals surface area contributed by atoms with E-state index in [1.165, 1.54) is 11.1 Å². The lowest BCUT2D eigenvalue weighted by Gasteiger charge is -2.16. The van der Waals surface area contributed by atoms with Crippen LogP contribution in [0.15, 0.2) is 12.4 Å². The number of hydrogen-bond donors (Lipinski definition) is 1. The summed E-state index contributed by atoms with van der Waals surface area (Å²) < 4.78 is 15.5. The fourth-order valence-corrected chi connectivity index (χ4v) is 2.13. The summed E-state index contributed by atoms with van der Waals surface area (Å²) >= 11 is 0. The summed E-state index contributed by atoms with van der Waals surface area (Å²) in [5, 5.41) is 12.8. The summed E-state index contributed by atoms with van der Waals surface area (Å²) in [6.45, 7) is 2.41. The van der Waals surface area contributed by atoms with Crippen molar-refractivity contribution in [3.8, 4) is 0 Å². The molecule has 1 aliphatic heterocycles. The number of alkyl halides is 1. The molecule has 6 nitrogen and oxygen atoms in total. The predicted octanol–water partition coefficient (Wildman–Crippen LogP) is 0.932. The van der Waals surface area contributed by atoms with Gasteiger partial charge >= 0.3 is 5.97 Å². The third-order valence-electron chi connectivity index (χ3n) is 3.22. The second-order valence-corrected chi connectivity index (χ2v) is 4.74. The molecule has 0 aromatic carbocycles. The predicted molar refractivity (Wildman–Crippen MR) is 64.5 cm³/mol. The SMILES string of the molecule is CCCn1cc(C(=O)N2CC[C@](F)(C(=O)O)C2)cn1. The Hall–Kier alpha value is -1.92. The minimum Gasteiger partial charge on any atom is -0.479 e. The number of carboxylic acid groups (broad SMARTS) is 1. The van der Waals surface area contributed by atoms with Gasteiger partial charge in [0, 0.05) is 25.7 Å². The fraction of sp³-hybridized carbons (Fsp3) is 0.583. The summed E-state index contributed by atoms with van der Waals surface area (Å²) in [4.78, 5) is 24.1. The van der Waals surface area contributed by atoms with Crippen molar-refractivity contribution < 1.29 is 19.1 Å². The Morgan fingerprint density at radius 1 is 1.58 bits per heavy atom. The summed E-state index contributed by atoms with van der Waals surface area (Å²) in [6.07, 6.45) is 3.75. The molecule has 1 fully saturated rings. The topological polar surface area (TPSA) is 75.4 Å².